The maximum absolute atomic E-state index is 12.3. The number of rotatable bonds is 8. The number of benzene rings is 1. The largest absolute Gasteiger partial charge is 0.479 e. The van der Waals surface area contributed by atoms with Gasteiger partial charge in [0.1, 0.15) is 0 Å². The number of thiophene rings is 1. The van der Waals surface area contributed by atoms with Crippen LogP contribution in [0.15, 0.2) is 28.7 Å². The van der Waals surface area contributed by atoms with Gasteiger partial charge in [-0.15, -0.1) is 11.3 Å². The Labute approximate surface area is 208 Å². The Morgan fingerprint density at radius 1 is 1.21 bits per heavy atom. The van der Waals surface area contributed by atoms with E-state index in [9.17, 15) is 19.5 Å². The summed E-state index contributed by atoms with van der Waals surface area (Å²) < 4.78 is 10.9. The summed E-state index contributed by atoms with van der Waals surface area (Å²) >= 11 is 4.42. The molecule has 2 unspecified atom stereocenters. The lowest BCUT2D eigenvalue weighted by molar-refractivity contribution is -0.139. The number of aliphatic carboxylic acids is 1. The normalized spacial score (nSPS) is 21.2. The zero-order valence-electron chi connectivity index (χ0n) is 18.5. The highest BCUT2D eigenvalue weighted by molar-refractivity contribution is 9.10. The Morgan fingerprint density at radius 2 is 1.91 bits per heavy atom. The second-order valence-corrected chi connectivity index (χ2v) is 10.1. The molecule has 9 nitrogen and oxygen atoms in total. The molecule has 0 aliphatic carbocycles. The second-order valence-electron chi connectivity index (χ2n) is 8.28. The van der Waals surface area contributed by atoms with E-state index < -0.39 is 18.5 Å². The zero-order chi connectivity index (χ0) is 24.4. The zero-order valence-corrected chi connectivity index (χ0v) is 20.9. The van der Waals surface area contributed by atoms with Crippen molar-refractivity contribution in [2.45, 2.75) is 50.7 Å². The van der Waals surface area contributed by atoms with Gasteiger partial charge in [-0.2, -0.15) is 0 Å². The summed E-state index contributed by atoms with van der Waals surface area (Å²) in [6.45, 7) is 1.55. The predicted molar refractivity (Wildman–Crippen MR) is 130 cm³/mol. The first-order chi connectivity index (χ1) is 16.3. The molecule has 1 aromatic heterocycles. The number of carbonyl (C=O) groups excluding carboxylic acids is 1. The van der Waals surface area contributed by atoms with Crippen molar-refractivity contribution in [1.29, 1.82) is 0 Å². The van der Waals surface area contributed by atoms with E-state index in [4.69, 9.17) is 14.6 Å². The Morgan fingerprint density at radius 3 is 2.53 bits per heavy atom. The van der Waals surface area contributed by atoms with Crippen LogP contribution in [0.4, 0.5) is 10.5 Å². The van der Waals surface area contributed by atoms with Gasteiger partial charge in [-0.1, -0.05) is 12.1 Å². The number of carboxylic acids is 2. The van der Waals surface area contributed by atoms with Gasteiger partial charge in [-0.25, -0.2) is 14.4 Å². The summed E-state index contributed by atoms with van der Waals surface area (Å²) in [5.41, 5.74) is 1.66. The van der Waals surface area contributed by atoms with E-state index in [1.54, 1.807) is 0 Å². The summed E-state index contributed by atoms with van der Waals surface area (Å²) in [5.74, 6) is -2.36. The highest BCUT2D eigenvalue weighted by Gasteiger charge is 2.44. The lowest BCUT2D eigenvalue weighted by Crippen LogP contribution is -2.49. The highest BCUT2D eigenvalue weighted by Crippen LogP contribution is 2.46. The third kappa shape index (κ3) is 5.00. The van der Waals surface area contributed by atoms with Gasteiger partial charge >= 0.3 is 18.0 Å². The fourth-order valence-corrected chi connectivity index (χ4v) is 6.65. The molecule has 0 radical (unpaired) electrons. The van der Waals surface area contributed by atoms with E-state index in [-0.39, 0.29) is 34.8 Å². The average molecular weight is 553 g/mol. The number of piperidine rings is 1. The van der Waals surface area contributed by atoms with Crippen LogP contribution < -0.4 is 10.1 Å². The second kappa shape index (κ2) is 10.2. The molecule has 2 bridgehead atoms. The van der Waals surface area contributed by atoms with Crippen molar-refractivity contribution in [3.63, 3.8) is 0 Å². The number of nitrogens with zero attached hydrogens (tertiary/aromatic N) is 1. The Balaban J connectivity index is 1.51. The van der Waals surface area contributed by atoms with Crippen LogP contribution in [0.25, 0.3) is 10.4 Å². The van der Waals surface area contributed by atoms with E-state index in [0.717, 1.165) is 48.3 Å². The summed E-state index contributed by atoms with van der Waals surface area (Å²) in [5, 5.41) is 22.0. The molecular formula is C23H25BrN2O7S. The lowest BCUT2D eigenvalue weighted by Gasteiger charge is -2.38. The standard InChI is InChI=1S/C23H25BrN2O7S/c1-2-32-23(31)26-15-6-7-16(26)10-14(9-15)25-13-5-3-4-12(8-13)20-18(24)19(33-11-17(27)28)21(34-20)22(29)30/h3-5,8,14-16,25H,2,6-7,9-11H2,1H3,(H,27,28)(H,29,30). The van der Waals surface area contributed by atoms with Crippen molar-refractivity contribution in [3.05, 3.63) is 33.6 Å². The smallest absolute Gasteiger partial charge is 0.410 e. The third-order valence-corrected chi connectivity index (χ3v) is 8.28. The summed E-state index contributed by atoms with van der Waals surface area (Å²) in [4.78, 5) is 37.4. The molecule has 3 N–H and O–H groups in total. The van der Waals surface area contributed by atoms with Gasteiger partial charge in [-0.05, 0) is 66.2 Å². The van der Waals surface area contributed by atoms with E-state index in [2.05, 4.69) is 21.2 Å². The molecule has 3 heterocycles. The Hall–Kier alpha value is -2.79. The maximum Gasteiger partial charge on any atom is 0.410 e. The number of hydrogen-bond donors (Lipinski definition) is 3. The van der Waals surface area contributed by atoms with E-state index in [1.165, 1.54) is 0 Å². The van der Waals surface area contributed by atoms with Crippen LogP contribution in [0.5, 0.6) is 5.75 Å². The van der Waals surface area contributed by atoms with Gasteiger partial charge in [0.05, 0.1) is 16.0 Å². The van der Waals surface area contributed by atoms with Crippen LogP contribution in [-0.2, 0) is 9.53 Å². The molecule has 0 saturated carbocycles. The van der Waals surface area contributed by atoms with E-state index in [0.29, 0.717) is 16.0 Å². The molecule has 182 valence electrons. The fraction of sp³-hybridized carbons (Fsp3) is 0.435. The first-order valence-corrected chi connectivity index (χ1v) is 12.6. The molecule has 2 aliphatic heterocycles. The molecule has 2 aliphatic rings. The van der Waals surface area contributed by atoms with Crippen molar-refractivity contribution in [2.24, 2.45) is 0 Å². The summed E-state index contributed by atoms with van der Waals surface area (Å²) in [7, 11) is 0. The van der Waals surface area contributed by atoms with E-state index >= 15 is 0 Å². The lowest BCUT2D eigenvalue weighted by atomic mass is 9.97. The molecule has 2 fully saturated rings. The predicted octanol–water partition coefficient (Wildman–Crippen LogP) is 4.90. The monoisotopic (exact) mass is 552 g/mol. The molecule has 1 aromatic carbocycles. The maximum atomic E-state index is 12.3. The SMILES string of the molecule is CCOC(=O)N1C2CCC1CC(Nc1cccc(-c3sc(C(=O)O)c(OCC(=O)O)c3Br)c1)C2. The van der Waals surface area contributed by atoms with Crippen molar-refractivity contribution in [3.8, 4) is 16.2 Å². The van der Waals surface area contributed by atoms with Gasteiger partial charge < -0.3 is 29.9 Å². The van der Waals surface area contributed by atoms with Crippen LogP contribution in [0.1, 0.15) is 42.3 Å². The van der Waals surface area contributed by atoms with Gasteiger partial charge in [0.15, 0.2) is 17.2 Å². The number of fused-ring (bicyclic) bond motifs is 2. The number of amides is 1. The van der Waals surface area contributed by atoms with Crippen LogP contribution in [0, 0.1) is 0 Å². The quantitative estimate of drug-likeness (QED) is 0.422. The molecule has 1 amide bonds. The topological polar surface area (TPSA) is 125 Å². The van der Waals surface area contributed by atoms with Crippen molar-refractivity contribution in [1.82, 2.24) is 4.90 Å². The molecule has 11 heteroatoms. The van der Waals surface area contributed by atoms with Gasteiger partial charge in [-0.3, -0.25) is 0 Å². The van der Waals surface area contributed by atoms with Crippen molar-refractivity contribution in [2.75, 3.05) is 18.5 Å². The molecule has 2 atom stereocenters. The molecule has 0 spiro atoms. The molecule has 2 saturated heterocycles. The number of anilines is 1. The molecule has 2 aromatic rings. The number of carboxylic acid groups (broad SMARTS) is 2. The number of carbonyl (C=O) groups is 3. The Bertz CT molecular complexity index is 1090. The summed E-state index contributed by atoms with van der Waals surface area (Å²) in [6, 6.07) is 8.16. The third-order valence-electron chi connectivity index (χ3n) is 6.05. The minimum Gasteiger partial charge on any atom is -0.479 e. The van der Waals surface area contributed by atoms with Crippen LogP contribution >= 0.6 is 27.3 Å². The van der Waals surface area contributed by atoms with Crippen LogP contribution in [0.2, 0.25) is 0 Å². The fourth-order valence-electron chi connectivity index (χ4n) is 4.76. The number of nitrogens with one attached hydrogen (secondary N) is 1. The molecular weight excluding hydrogens is 528 g/mol. The highest BCUT2D eigenvalue weighted by atomic mass is 79.9. The number of halogens is 1. The van der Waals surface area contributed by atoms with Gasteiger partial charge in [0.2, 0.25) is 0 Å². The minimum atomic E-state index is -1.19. The van der Waals surface area contributed by atoms with Crippen molar-refractivity contribution < 1.29 is 34.1 Å². The first kappa shape index (κ1) is 24.3. The van der Waals surface area contributed by atoms with Crippen molar-refractivity contribution >= 4 is 51.0 Å². The average Bonchev–Trinajstić information content (AvgIpc) is 3.26. The number of hydrogen-bond acceptors (Lipinski definition) is 7. The first-order valence-electron chi connectivity index (χ1n) is 11.0. The van der Waals surface area contributed by atoms with Crippen LogP contribution in [0.3, 0.4) is 0 Å². The summed E-state index contributed by atoms with van der Waals surface area (Å²) in [6.07, 6.45) is 3.38. The molecule has 34 heavy (non-hydrogen) atoms. The number of aromatic carboxylic acids is 1. The van der Waals surface area contributed by atoms with Gasteiger partial charge in [0, 0.05) is 23.8 Å². The number of ether oxygens (including phenoxy) is 2. The van der Waals surface area contributed by atoms with Gasteiger partial charge in [0.25, 0.3) is 0 Å². The minimum absolute atomic E-state index is 0.0103. The van der Waals surface area contributed by atoms with Crippen LogP contribution in [-0.4, -0.2) is 64.5 Å². The molecule has 4 rings (SSSR count). The Kier molecular flexibility index (Phi) is 7.32. The van der Waals surface area contributed by atoms with E-state index in [1.807, 2.05) is 36.1 Å².